The number of rotatable bonds is 7. The van der Waals surface area contributed by atoms with Gasteiger partial charge in [-0.3, -0.25) is 4.40 Å². The van der Waals surface area contributed by atoms with Gasteiger partial charge in [0.15, 0.2) is 15.8 Å². The van der Waals surface area contributed by atoms with E-state index in [4.69, 9.17) is 0 Å². The van der Waals surface area contributed by atoms with E-state index in [0.717, 1.165) is 0 Å². The lowest BCUT2D eigenvalue weighted by Crippen LogP contribution is -2.36. The Kier molecular flexibility index (Phi) is 4.87. The minimum atomic E-state index is -3.61. The van der Waals surface area contributed by atoms with Gasteiger partial charge in [0.2, 0.25) is 0 Å². The van der Waals surface area contributed by atoms with Gasteiger partial charge in [-0.05, 0) is 20.9 Å². The Morgan fingerprint density at radius 1 is 1.48 bits per heavy atom. The number of nitrogens with zero attached hydrogens (tertiary/aromatic N) is 3. The Balaban J connectivity index is 2.19. The number of imidazole rings is 1. The Morgan fingerprint density at radius 3 is 2.81 bits per heavy atom. The van der Waals surface area contributed by atoms with E-state index in [-0.39, 0.29) is 5.03 Å². The summed E-state index contributed by atoms with van der Waals surface area (Å²) in [7, 11) is 0.0212. The topological polar surface area (TPSA) is 78.7 Å². The SMILES string of the molecule is CNc1nc2sccn2c1S(=O)(=O)NCCN(C)C(C)C. The van der Waals surface area contributed by atoms with Crippen LogP contribution in [0.5, 0.6) is 0 Å². The molecule has 0 aliphatic carbocycles. The third-order valence-corrected chi connectivity index (χ3v) is 5.59. The van der Waals surface area contributed by atoms with E-state index in [1.807, 2.05) is 12.4 Å². The van der Waals surface area contributed by atoms with Crippen molar-refractivity contribution < 1.29 is 8.42 Å². The van der Waals surface area contributed by atoms with E-state index in [1.54, 1.807) is 17.6 Å². The van der Waals surface area contributed by atoms with E-state index < -0.39 is 10.0 Å². The van der Waals surface area contributed by atoms with Crippen LogP contribution in [0, 0.1) is 0 Å². The molecule has 0 aliphatic heterocycles. The van der Waals surface area contributed by atoms with Crippen molar-refractivity contribution in [2.24, 2.45) is 0 Å². The molecule has 2 rings (SSSR count). The molecule has 7 nitrogen and oxygen atoms in total. The average Bonchev–Trinajstić information content (AvgIpc) is 2.97. The molecule has 0 aromatic carbocycles. The Hall–Kier alpha value is -1.16. The predicted octanol–water partition coefficient (Wildman–Crippen LogP) is 1.06. The second-order valence-corrected chi connectivity index (χ2v) is 7.60. The summed E-state index contributed by atoms with van der Waals surface area (Å²) < 4.78 is 29.2. The van der Waals surface area contributed by atoms with Gasteiger partial charge in [-0.25, -0.2) is 18.1 Å². The first kappa shape index (κ1) is 16.2. The van der Waals surface area contributed by atoms with Crippen molar-refractivity contribution in [1.82, 2.24) is 19.0 Å². The molecule has 9 heteroatoms. The second-order valence-electron chi connectivity index (χ2n) is 5.04. The molecule has 0 unspecified atom stereocenters. The first-order valence-corrected chi connectivity index (χ1v) is 9.06. The van der Waals surface area contributed by atoms with Crippen molar-refractivity contribution in [3.05, 3.63) is 11.6 Å². The van der Waals surface area contributed by atoms with Crippen molar-refractivity contribution in [1.29, 1.82) is 0 Å². The van der Waals surface area contributed by atoms with Crippen molar-refractivity contribution in [3.63, 3.8) is 0 Å². The largest absolute Gasteiger partial charge is 0.371 e. The number of likely N-dealkylation sites (N-methyl/N-ethyl adjacent to an activating group) is 1. The van der Waals surface area contributed by atoms with Crippen LogP contribution in [0.2, 0.25) is 0 Å². The monoisotopic (exact) mass is 331 g/mol. The summed E-state index contributed by atoms with van der Waals surface area (Å²) in [6.45, 7) is 5.15. The number of hydrogen-bond acceptors (Lipinski definition) is 6. The fourth-order valence-electron chi connectivity index (χ4n) is 1.87. The molecule has 2 heterocycles. The lowest BCUT2D eigenvalue weighted by Gasteiger charge is -2.20. The van der Waals surface area contributed by atoms with E-state index >= 15 is 0 Å². The maximum Gasteiger partial charge on any atom is 0.260 e. The summed E-state index contributed by atoms with van der Waals surface area (Å²) in [5, 5.41) is 4.81. The minimum Gasteiger partial charge on any atom is -0.371 e. The highest BCUT2D eigenvalue weighted by Crippen LogP contribution is 2.24. The van der Waals surface area contributed by atoms with Crippen molar-refractivity contribution in [2.75, 3.05) is 32.5 Å². The van der Waals surface area contributed by atoms with Gasteiger partial charge in [-0.15, -0.1) is 11.3 Å². The molecule has 0 saturated heterocycles. The van der Waals surface area contributed by atoms with Crippen LogP contribution in [-0.4, -0.2) is 55.9 Å². The number of anilines is 1. The lowest BCUT2D eigenvalue weighted by atomic mass is 10.3. The van der Waals surface area contributed by atoms with E-state index in [9.17, 15) is 8.42 Å². The maximum absolute atomic E-state index is 12.5. The van der Waals surface area contributed by atoms with Crippen LogP contribution >= 0.6 is 11.3 Å². The third kappa shape index (κ3) is 3.37. The van der Waals surface area contributed by atoms with Gasteiger partial charge in [0.25, 0.3) is 10.0 Å². The van der Waals surface area contributed by atoms with Gasteiger partial charge < -0.3 is 10.2 Å². The molecule has 0 bridgehead atoms. The van der Waals surface area contributed by atoms with Gasteiger partial charge in [0.05, 0.1) is 0 Å². The van der Waals surface area contributed by atoms with Crippen LogP contribution < -0.4 is 10.0 Å². The maximum atomic E-state index is 12.5. The molecule has 0 aliphatic rings. The van der Waals surface area contributed by atoms with E-state index in [2.05, 4.69) is 33.8 Å². The normalized spacial score (nSPS) is 12.7. The van der Waals surface area contributed by atoms with Crippen molar-refractivity contribution >= 4 is 32.1 Å². The molecule has 0 saturated carbocycles. The van der Waals surface area contributed by atoms with Gasteiger partial charge in [-0.1, -0.05) is 0 Å². The quantitative estimate of drug-likeness (QED) is 0.793. The van der Waals surface area contributed by atoms with Gasteiger partial charge in [0, 0.05) is 37.8 Å². The standard InChI is InChI=1S/C12H21N5O2S2/c1-9(2)16(4)6-5-14-21(18,19)11-10(13-3)15-12-17(11)7-8-20-12/h7-9,13-14H,5-6H2,1-4H3. The number of fused-ring (bicyclic) bond motifs is 1. The fourth-order valence-corrected chi connectivity index (χ4v) is 3.94. The summed E-state index contributed by atoms with van der Waals surface area (Å²) in [6, 6.07) is 0.376. The molecule has 2 aromatic heterocycles. The van der Waals surface area contributed by atoms with Crippen molar-refractivity contribution in [2.45, 2.75) is 24.9 Å². The molecular weight excluding hydrogens is 310 g/mol. The van der Waals surface area contributed by atoms with E-state index in [1.165, 1.54) is 11.3 Å². The number of sulfonamides is 1. The molecule has 118 valence electrons. The van der Waals surface area contributed by atoms with Crippen LogP contribution in [0.3, 0.4) is 0 Å². The number of nitrogens with one attached hydrogen (secondary N) is 2. The number of aromatic nitrogens is 2. The van der Waals surface area contributed by atoms with Gasteiger partial charge >= 0.3 is 0 Å². The molecule has 0 amide bonds. The predicted molar refractivity (Wildman–Crippen MR) is 85.6 cm³/mol. The van der Waals surface area contributed by atoms with E-state index in [0.29, 0.717) is 29.9 Å². The highest BCUT2D eigenvalue weighted by molar-refractivity contribution is 7.89. The molecule has 2 aromatic rings. The fraction of sp³-hybridized carbons (Fsp3) is 0.583. The van der Waals surface area contributed by atoms with Crippen LogP contribution in [0.15, 0.2) is 16.6 Å². The molecular formula is C12H21N5O2S2. The average molecular weight is 331 g/mol. The highest BCUT2D eigenvalue weighted by atomic mass is 32.2. The first-order valence-electron chi connectivity index (χ1n) is 6.70. The molecule has 21 heavy (non-hydrogen) atoms. The smallest absolute Gasteiger partial charge is 0.260 e. The minimum absolute atomic E-state index is 0.161. The van der Waals surface area contributed by atoms with Gasteiger partial charge in [0.1, 0.15) is 0 Å². The van der Waals surface area contributed by atoms with Crippen LogP contribution in [0.4, 0.5) is 5.82 Å². The molecule has 0 atom stereocenters. The second kappa shape index (κ2) is 6.30. The Morgan fingerprint density at radius 2 is 2.19 bits per heavy atom. The third-order valence-electron chi connectivity index (χ3n) is 3.35. The Bertz CT molecular complexity index is 704. The summed E-state index contributed by atoms with van der Waals surface area (Å²) in [5.41, 5.74) is 0. The van der Waals surface area contributed by atoms with Crippen molar-refractivity contribution in [3.8, 4) is 0 Å². The summed E-state index contributed by atoms with van der Waals surface area (Å²) in [5.74, 6) is 0.367. The van der Waals surface area contributed by atoms with Crippen LogP contribution in [-0.2, 0) is 10.0 Å². The van der Waals surface area contributed by atoms with Gasteiger partial charge in [-0.2, -0.15) is 0 Å². The zero-order chi connectivity index (χ0) is 15.6. The summed E-state index contributed by atoms with van der Waals surface area (Å²) >= 11 is 1.40. The molecule has 0 spiro atoms. The zero-order valence-corrected chi connectivity index (χ0v) is 14.3. The highest BCUT2D eigenvalue weighted by Gasteiger charge is 2.25. The first-order chi connectivity index (χ1) is 9.86. The summed E-state index contributed by atoms with van der Waals surface area (Å²) in [6.07, 6.45) is 1.71. The Labute approximate surface area is 129 Å². The number of hydrogen-bond donors (Lipinski definition) is 2. The molecule has 2 N–H and O–H groups in total. The summed E-state index contributed by atoms with van der Waals surface area (Å²) in [4.78, 5) is 7.00. The molecule has 0 fully saturated rings. The zero-order valence-electron chi connectivity index (χ0n) is 12.6. The lowest BCUT2D eigenvalue weighted by molar-refractivity contribution is 0.278. The van der Waals surface area contributed by atoms with Crippen LogP contribution in [0.1, 0.15) is 13.8 Å². The molecule has 0 radical (unpaired) electrons. The van der Waals surface area contributed by atoms with Crippen LogP contribution in [0.25, 0.3) is 4.96 Å². The number of thiazole rings is 1.